The fourth-order valence-corrected chi connectivity index (χ4v) is 4.66. The summed E-state index contributed by atoms with van der Waals surface area (Å²) in [5.41, 5.74) is 0.557. The van der Waals surface area contributed by atoms with Crippen molar-refractivity contribution in [3.63, 3.8) is 0 Å². The monoisotopic (exact) mass is 456 g/mol. The molecule has 0 aromatic carbocycles. The molecule has 0 amide bonds. The van der Waals surface area contributed by atoms with Gasteiger partial charge in [0.25, 0.3) is 0 Å². The highest BCUT2D eigenvalue weighted by Crippen LogP contribution is 2.31. The van der Waals surface area contributed by atoms with E-state index in [0.29, 0.717) is 6.42 Å². The minimum Gasteiger partial charge on any atom is -0.481 e. The summed E-state index contributed by atoms with van der Waals surface area (Å²) < 4.78 is 17.5. The lowest BCUT2D eigenvalue weighted by molar-refractivity contribution is -0.150. The molecule has 7 heteroatoms. The van der Waals surface area contributed by atoms with Crippen LogP contribution in [-0.2, 0) is 19.0 Å². The van der Waals surface area contributed by atoms with Gasteiger partial charge < -0.3 is 29.5 Å². The molecule has 1 rings (SSSR count). The third kappa shape index (κ3) is 9.32. The molecule has 0 aromatic rings. The van der Waals surface area contributed by atoms with Crippen LogP contribution in [0.2, 0.25) is 0 Å². The summed E-state index contributed by atoms with van der Waals surface area (Å²) in [5.74, 6) is -0.780. The third-order valence-corrected chi connectivity index (χ3v) is 6.11. The smallest absolute Gasteiger partial charge is 0.305 e. The van der Waals surface area contributed by atoms with E-state index in [2.05, 4.69) is 13.0 Å². The first-order valence-corrected chi connectivity index (χ1v) is 11.6. The quantitative estimate of drug-likeness (QED) is 0.384. The van der Waals surface area contributed by atoms with E-state index in [9.17, 15) is 15.0 Å². The summed E-state index contributed by atoms with van der Waals surface area (Å²) in [6, 6.07) is 0. The van der Waals surface area contributed by atoms with Crippen molar-refractivity contribution in [2.45, 2.75) is 110 Å². The van der Waals surface area contributed by atoms with Crippen molar-refractivity contribution in [2.75, 3.05) is 7.11 Å². The van der Waals surface area contributed by atoms with Gasteiger partial charge in [0, 0.05) is 19.4 Å². The average Bonchev–Trinajstić information content (AvgIpc) is 2.63. The van der Waals surface area contributed by atoms with Crippen LogP contribution in [0.1, 0.15) is 67.7 Å². The standard InChI is InChI=1S/C25H44O7/c1-15(14-25(6,7)32-19(5)24(30-8)18(4)26)10-9-11-16(2)23-17(3)21(27)12-20(31-23)13-22(28)29/h9-11,15,17-21,23-24,26-27H,12-14H2,1-8H3,(H,28,29)/b10-9+,16-11+/t15-,17+,18-,19-,20-,21-,23-,24+/m1/s1. The van der Waals surface area contributed by atoms with Crippen molar-refractivity contribution in [3.05, 3.63) is 23.8 Å². The zero-order valence-corrected chi connectivity index (χ0v) is 20.9. The van der Waals surface area contributed by atoms with Gasteiger partial charge in [-0.15, -0.1) is 0 Å². The lowest BCUT2D eigenvalue weighted by Crippen LogP contribution is -2.44. The predicted molar refractivity (Wildman–Crippen MR) is 124 cm³/mol. The van der Waals surface area contributed by atoms with Crippen LogP contribution in [0.5, 0.6) is 0 Å². The molecule has 0 spiro atoms. The van der Waals surface area contributed by atoms with Crippen LogP contribution in [0.4, 0.5) is 0 Å². The molecule has 3 N–H and O–H groups in total. The number of aliphatic carboxylic acids is 1. The van der Waals surface area contributed by atoms with Crippen LogP contribution in [0.15, 0.2) is 23.8 Å². The minimum absolute atomic E-state index is 0.0985. The summed E-state index contributed by atoms with van der Waals surface area (Å²) in [6.45, 7) is 13.7. The van der Waals surface area contributed by atoms with E-state index in [1.54, 1.807) is 14.0 Å². The van der Waals surface area contributed by atoms with E-state index in [-0.39, 0.29) is 36.6 Å². The molecule has 186 valence electrons. The first-order chi connectivity index (χ1) is 14.8. The average molecular weight is 457 g/mol. The maximum Gasteiger partial charge on any atom is 0.305 e. The Balaban J connectivity index is 2.71. The predicted octanol–water partition coefficient (Wildman–Crippen LogP) is 3.72. The van der Waals surface area contributed by atoms with Crippen LogP contribution >= 0.6 is 0 Å². The number of hydrogen-bond donors (Lipinski definition) is 3. The van der Waals surface area contributed by atoms with Gasteiger partial charge in [-0.2, -0.15) is 0 Å². The number of aliphatic hydroxyl groups excluding tert-OH is 2. The molecule has 1 saturated heterocycles. The van der Waals surface area contributed by atoms with Gasteiger partial charge in [-0.05, 0) is 52.5 Å². The molecule has 1 fully saturated rings. The molecule has 1 heterocycles. The third-order valence-electron chi connectivity index (χ3n) is 6.11. The SMILES string of the molecule is CO[C@@H]([C@@H](C)O)[C@@H](C)OC(C)(C)C[C@H](C)/C=C/C=C(\C)[C@H]1O[C@@H](CC(=O)O)C[C@@H](O)[C@@H]1C. The van der Waals surface area contributed by atoms with E-state index < -0.39 is 29.9 Å². The Labute approximate surface area is 193 Å². The maximum absolute atomic E-state index is 11.0. The highest BCUT2D eigenvalue weighted by Gasteiger charge is 2.36. The number of carboxylic acids is 1. The van der Waals surface area contributed by atoms with Crippen LogP contribution in [-0.4, -0.2) is 70.6 Å². The van der Waals surface area contributed by atoms with Crippen molar-refractivity contribution >= 4 is 5.97 Å². The van der Waals surface area contributed by atoms with Crippen LogP contribution < -0.4 is 0 Å². The van der Waals surface area contributed by atoms with Gasteiger partial charge in [0.05, 0.1) is 42.5 Å². The molecule has 7 nitrogen and oxygen atoms in total. The van der Waals surface area contributed by atoms with Gasteiger partial charge in [0.15, 0.2) is 0 Å². The molecular weight excluding hydrogens is 412 g/mol. The molecule has 0 unspecified atom stereocenters. The Morgan fingerprint density at radius 2 is 1.91 bits per heavy atom. The maximum atomic E-state index is 11.0. The number of methoxy groups -OCH3 is 1. The molecule has 0 aromatic heterocycles. The second-order valence-corrected chi connectivity index (χ2v) is 9.94. The topological polar surface area (TPSA) is 105 Å². The Kier molecular flexibility index (Phi) is 11.6. The summed E-state index contributed by atoms with van der Waals surface area (Å²) in [6.07, 6.45) is 4.46. The number of hydrogen-bond acceptors (Lipinski definition) is 6. The molecule has 0 saturated carbocycles. The van der Waals surface area contributed by atoms with Crippen LogP contribution in [0.25, 0.3) is 0 Å². The lowest BCUT2D eigenvalue weighted by Gasteiger charge is -2.38. The van der Waals surface area contributed by atoms with E-state index >= 15 is 0 Å². The fraction of sp³-hybridized carbons (Fsp3) is 0.800. The molecule has 1 aliphatic rings. The van der Waals surface area contributed by atoms with Gasteiger partial charge in [-0.25, -0.2) is 0 Å². The molecule has 0 bridgehead atoms. The number of allylic oxidation sites excluding steroid dienone is 3. The summed E-state index contributed by atoms with van der Waals surface area (Å²) in [5, 5.41) is 29.2. The first kappa shape index (κ1) is 28.8. The lowest BCUT2D eigenvalue weighted by atomic mass is 9.86. The Morgan fingerprint density at radius 3 is 2.44 bits per heavy atom. The van der Waals surface area contributed by atoms with Crippen molar-refractivity contribution in [1.82, 2.24) is 0 Å². The number of ether oxygens (including phenoxy) is 3. The molecule has 0 aliphatic carbocycles. The molecule has 8 atom stereocenters. The zero-order chi connectivity index (χ0) is 24.6. The van der Waals surface area contributed by atoms with Gasteiger partial charge in [-0.3, -0.25) is 4.79 Å². The van der Waals surface area contributed by atoms with Crippen molar-refractivity contribution in [1.29, 1.82) is 0 Å². The zero-order valence-electron chi connectivity index (χ0n) is 20.9. The van der Waals surface area contributed by atoms with Gasteiger partial charge in [-0.1, -0.05) is 32.1 Å². The van der Waals surface area contributed by atoms with Crippen LogP contribution in [0, 0.1) is 11.8 Å². The number of rotatable bonds is 12. The molecule has 0 radical (unpaired) electrons. The second kappa shape index (κ2) is 12.8. The number of carbonyl (C=O) groups is 1. The van der Waals surface area contributed by atoms with Gasteiger partial charge in [0.2, 0.25) is 0 Å². The Morgan fingerprint density at radius 1 is 1.28 bits per heavy atom. The number of aliphatic hydroxyl groups is 2. The van der Waals surface area contributed by atoms with Crippen molar-refractivity contribution in [2.24, 2.45) is 11.8 Å². The van der Waals surface area contributed by atoms with E-state index in [0.717, 1.165) is 12.0 Å². The van der Waals surface area contributed by atoms with E-state index in [4.69, 9.17) is 19.3 Å². The van der Waals surface area contributed by atoms with Crippen molar-refractivity contribution < 1.29 is 34.3 Å². The Bertz CT molecular complexity index is 640. The molecule has 1 aliphatic heterocycles. The normalized spacial score (nSPS) is 29.0. The van der Waals surface area contributed by atoms with E-state index in [1.807, 2.05) is 46.8 Å². The highest BCUT2D eigenvalue weighted by atomic mass is 16.6. The number of carboxylic acid groups (broad SMARTS) is 1. The minimum atomic E-state index is -0.921. The molecule has 32 heavy (non-hydrogen) atoms. The highest BCUT2D eigenvalue weighted by molar-refractivity contribution is 5.67. The van der Waals surface area contributed by atoms with Gasteiger partial charge in [0.1, 0.15) is 6.10 Å². The Hall–Kier alpha value is -1.25. The van der Waals surface area contributed by atoms with Crippen LogP contribution in [0.3, 0.4) is 0 Å². The van der Waals surface area contributed by atoms with E-state index in [1.165, 1.54) is 0 Å². The molecular formula is C25H44O7. The largest absolute Gasteiger partial charge is 0.481 e. The second-order valence-electron chi connectivity index (χ2n) is 9.94. The van der Waals surface area contributed by atoms with Gasteiger partial charge >= 0.3 is 5.97 Å². The first-order valence-electron chi connectivity index (χ1n) is 11.6. The summed E-state index contributed by atoms with van der Waals surface area (Å²) >= 11 is 0. The summed E-state index contributed by atoms with van der Waals surface area (Å²) in [4.78, 5) is 11.0. The van der Waals surface area contributed by atoms with Crippen molar-refractivity contribution in [3.8, 4) is 0 Å². The fourth-order valence-electron chi connectivity index (χ4n) is 4.66. The summed E-state index contributed by atoms with van der Waals surface area (Å²) in [7, 11) is 1.57.